The van der Waals surface area contributed by atoms with Gasteiger partial charge in [-0.3, -0.25) is 4.79 Å². The molecule has 2 aliphatic heterocycles. The third-order valence-corrected chi connectivity index (χ3v) is 5.75. The van der Waals surface area contributed by atoms with E-state index in [0.29, 0.717) is 6.54 Å². The van der Waals surface area contributed by atoms with Crippen LogP contribution in [0.2, 0.25) is 0 Å². The molecule has 0 atom stereocenters. The normalized spacial score (nSPS) is 20.0. The van der Waals surface area contributed by atoms with E-state index in [0.717, 1.165) is 54.0 Å². The Hall–Kier alpha value is -2.69. The van der Waals surface area contributed by atoms with E-state index in [1.54, 1.807) is 0 Å². The van der Waals surface area contributed by atoms with E-state index in [4.69, 9.17) is 9.47 Å². The van der Waals surface area contributed by atoms with Gasteiger partial charge >= 0.3 is 0 Å². The highest BCUT2D eigenvalue weighted by Gasteiger charge is 2.45. The first kappa shape index (κ1) is 15.6. The van der Waals surface area contributed by atoms with Crippen LogP contribution in [0.3, 0.4) is 0 Å². The van der Waals surface area contributed by atoms with Gasteiger partial charge < -0.3 is 19.7 Å². The second-order valence-corrected chi connectivity index (χ2v) is 7.34. The zero-order valence-corrected chi connectivity index (χ0v) is 14.7. The van der Waals surface area contributed by atoms with Crippen molar-refractivity contribution < 1.29 is 14.3 Å². The van der Waals surface area contributed by atoms with Crippen molar-refractivity contribution in [3.63, 3.8) is 0 Å². The van der Waals surface area contributed by atoms with E-state index in [1.807, 2.05) is 47.4 Å². The van der Waals surface area contributed by atoms with Crippen LogP contribution in [-0.2, 0) is 6.54 Å². The van der Waals surface area contributed by atoms with Gasteiger partial charge in [-0.1, -0.05) is 24.6 Å². The molecular weight excluding hydrogens is 328 g/mol. The minimum absolute atomic E-state index is 0.110. The Morgan fingerprint density at radius 2 is 1.81 bits per heavy atom. The highest BCUT2D eigenvalue weighted by atomic mass is 16.7. The van der Waals surface area contributed by atoms with Gasteiger partial charge in [0.2, 0.25) is 6.79 Å². The summed E-state index contributed by atoms with van der Waals surface area (Å²) < 4.78 is 10.9. The monoisotopic (exact) mass is 350 g/mol. The van der Waals surface area contributed by atoms with Crippen LogP contribution in [0.1, 0.15) is 48.0 Å². The number of hydrogen-bond acceptors (Lipinski definition) is 4. The number of para-hydroxylation sites is 1. The smallest absolute Gasteiger partial charge is 0.258 e. The van der Waals surface area contributed by atoms with Gasteiger partial charge in [-0.15, -0.1) is 0 Å². The second kappa shape index (κ2) is 5.94. The number of hydrogen-bond donors (Lipinski definition) is 1. The van der Waals surface area contributed by atoms with Crippen molar-refractivity contribution in [3.8, 4) is 11.5 Å². The van der Waals surface area contributed by atoms with Crippen molar-refractivity contribution in [2.75, 3.05) is 12.1 Å². The molecule has 2 heterocycles. The lowest BCUT2D eigenvalue weighted by molar-refractivity contribution is 0.0365. The summed E-state index contributed by atoms with van der Waals surface area (Å²) in [5, 5.41) is 3.71. The van der Waals surface area contributed by atoms with Crippen LogP contribution in [0, 0.1) is 0 Å². The molecule has 5 heteroatoms. The predicted octanol–water partition coefficient (Wildman–Crippen LogP) is 4.14. The zero-order valence-electron chi connectivity index (χ0n) is 14.7. The number of nitrogens with zero attached hydrogens (tertiary/aromatic N) is 1. The van der Waals surface area contributed by atoms with E-state index < -0.39 is 0 Å². The summed E-state index contributed by atoms with van der Waals surface area (Å²) in [6, 6.07) is 13.8. The number of rotatable bonds is 2. The first-order chi connectivity index (χ1) is 12.8. The summed E-state index contributed by atoms with van der Waals surface area (Å²) in [7, 11) is 0. The quantitative estimate of drug-likeness (QED) is 0.884. The molecule has 1 spiro atoms. The molecule has 5 rings (SSSR count). The molecule has 2 aromatic rings. The molecule has 2 aromatic carbocycles. The Bertz CT molecular complexity index is 858. The number of ether oxygens (including phenoxy) is 2. The fraction of sp³-hybridized carbons (Fsp3) is 0.381. The highest BCUT2D eigenvalue weighted by molar-refractivity contribution is 6.02. The molecule has 3 aliphatic rings. The van der Waals surface area contributed by atoms with Crippen molar-refractivity contribution in [1.29, 1.82) is 0 Å². The lowest BCUT2D eigenvalue weighted by Crippen LogP contribution is -2.60. The highest BCUT2D eigenvalue weighted by Crippen LogP contribution is 2.42. The third-order valence-electron chi connectivity index (χ3n) is 5.75. The second-order valence-electron chi connectivity index (χ2n) is 7.34. The molecule has 26 heavy (non-hydrogen) atoms. The molecule has 0 unspecified atom stereocenters. The van der Waals surface area contributed by atoms with Gasteiger partial charge in [-0.25, -0.2) is 0 Å². The Labute approximate surface area is 152 Å². The lowest BCUT2D eigenvalue weighted by Gasteiger charge is -2.50. The molecule has 1 amide bonds. The molecule has 0 aromatic heterocycles. The first-order valence-corrected chi connectivity index (χ1v) is 9.33. The number of carbonyl (C=O) groups excluding carboxylic acids is 1. The number of nitrogens with one attached hydrogen (secondary N) is 1. The third kappa shape index (κ3) is 2.42. The number of benzene rings is 2. The van der Waals surface area contributed by atoms with Crippen molar-refractivity contribution in [2.24, 2.45) is 0 Å². The van der Waals surface area contributed by atoms with Crippen LogP contribution >= 0.6 is 0 Å². The van der Waals surface area contributed by atoms with Crippen molar-refractivity contribution in [3.05, 3.63) is 53.6 Å². The summed E-state index contributed by atoms with van der Waals surface area (Å²) in [4.78, 5) is 15.4. The maximum Gasteiger partial charge on any atom is 0.258 e. The fourth-order valence-electron chi connectivity index (χ4n) is 4.41. The molecule has 0 saturated heterocycles. The topological polar surface area (TPSA) is 50.8 Å². The van der Waals surface area contributed by atoms with Crippen LogP contribution in [-0.4, -0.2) is 23.3 Å². The lowest BCUT2D eigenvalue weighted by atomic mass is 9.84. The Morgan fingerprint density at radius 3 is 2.69 bits per heavy atom. The van der Waals surface area contributed by atoms with Gasteiger partial charge in [0.05, 0.1) is 5.56 Å². The number of anilines is 1. The van der Waals surface area contributed by atoms with Gasteiger partial charge in [0.15, 0.2) is 11.5 Å². The minimum atomic E-state index is -0.292. The van der Waals surface area contributed by atoms with Crippen LogP contribution in [0.15, 0.2) is 42.5 Å². The molecule has 1 aliphatic carbocycles. The maximum absolute atomic E-state index is 13.4. The standard InChI is InChI=1S/C21H22N2O3/c24-20-16-6-2-3-7-17(16)22-21(10-4-1-5-11-21)23(20)13-15-8-9-18-19(12-15)26-14-25-18/h2-3,6-9,12,22H,1,4-5,10-11,13-14H2. The van der Waals surface area contributed by atoms with Crippen LogP contribution in [0.5, 0.6) is 11.5 Å². The fourth-order valence-corrected chi connectivity index (χ4v) is 4.41. The Kier molecular flexibility index (Phi) is 3.55. The summed E-state index contributed by atoms with van der Waals surface area (Å²) >= 11 is 0. The predicted molar refractivity (Wildman–Crippen MR) is 98.3 cm³/mol. The van der Waals surface area contributed by atoms with Crippen LogP contribution in [0.4, 0.5) is 5.69 Å². The summed E-state index contributed by atoms with van der Waals surface area (Å²) in [5.41, 5.74) is 2.49. The Morgan fingerprint density at radius 1 is 1.00 bits per heavy atom. The van der Waals surface area contributed by atoms with E-state index in [9.17, 15) is 4.79 Å². The average molecular weight is 350 g/mol. The van der Waals surface area contributed by atoms with Crippen LogP contribution in [0.25, 0.3) is 0 Å². The molecule has 134 valence electrons. The van der Waals surface area contributed by atoms with Gasteiger partial charge in [0.1, 0.15) is 5.66 Å². The molecular formula is C21H22N2O3. The average Bonchev–Trinajstić information content (AvgIpc) is 3.14. The number of carbonyl (C=O) groups is 1. The largest absolute Gasteiger partial charge is 0.454 e. The van der Waals surface area contributed by atoms with Crippen molar-refractivity contribution in [1.82, 2.24) is 4.90 Å². The maximum atomic E-state index is 13.4. The summed E-state index contributed by atoms with van der Waals surface area (Å²) in [6.45, 7) is 0.830. The number of amides is 1. The molecule has 1 N–H and O–H groups in total. The summed E-state index contributed by atoms with van der Waals surface area (Å²) in [5.74, 6) is 1.64. The van der Waals surface area contributed by atoms with Gasteiger partial charge in [-0.2, -0.15) is 0 Å². The van der Waals surface area contributed by atoms with E-state index in [2.05, 4.69) is 5.32 Å². The summed E-state index contributed by atoms with van der Waals surface area (Å²) in [6.07, 6.45) is 5.48. The van der Waals surface area contributed by atoms with Gasteiger partial charge in [-0.05, 0) is 55.5 Å². The molecule has 5 nitrogen and oxygen atoms in total. The van der Waals surface area contributed by atoms with Gasteiger partial charge in [0, 0.05) is 12.2 Å². The number of fused-ring (bicyclic) bond motifs is 2. The van der Waals surface area contributed by atoms with E-state index in [-0.39, 0.29) is 18.4 Å². The minimum Gasteiger partial charge on any atom is -0.454 e. The Balaban J connectivity index is 1.53. The van der Waals surface area contributed by atoms with Crippen molar-refractivity contribution in [2.45, 2.75) is 44.3 Å². The van der Waals surface area contributed by atoms with E-state index >= 15 is 0 Å². The first-order valence-electron chi connectivity index (χ1n) is 9.33. The molecule has 0 bridgehead atoms. The SMILES string of the molecule is O=C1c2ccccc2NC2(CCCCC2)N1Cc1ccc2c(c1)OCO2. The van der Waals surface area contributed by atoms with Crippen molar-refractivity contribution >= 4 is 11.6 Å². The molecule has 0 radical (unpaired) electrons. The van der Waals surface area contributed by atoms with Crippen LogP contribution < -0.4 is 14.8 Å². The molecule has 1 saturated carbocycles. The van der Waals surface area contributed by atoms with Gasteiger partial charge in [0.25, 0.3) is 5.91 Å². The molecule has 1 fully saturated rings. The zero-order chi connectivity index (χ0) is 17.6. The van der Waals surface area contributed by atoms with E-state index in [1.165, 1.54) is 6.42 Å².